The van der Waals surface area contributed by atoms with E-state index in [0.29, 0.717) is 5.91 Å². The molecule has 7 heteroatoms. The van der Waals surface area contributed by atoms with Crippen LogP contribution in [0.1, 0.15) is 36.9 Å². The molecule has 4 heterocycles. The number of fused-ring (bicyclic) bond motifs is 3. The molecular weight excluding hydrogens is 412 g/mol. The summed E-state index contributed by atoms with van der Waals surface area (Å²) in [5.41, 5.74) is 5.01. The van der Waals surface area contributed by atoms with Crippen molar-refractivity contribution < 1.29 is 4.79 Å². The summed E-state index contributed by atoms with van der Waals surface area (Å²) in [4.78, 5) is 25.1. The van der Waals surface area contributed by atoms with Crippen LogP contribution >= 0.6 is 0 Å². The first-order valence-corrected chi connectivity index (χ1v) is 12.5. The molecule has 1 aliphatic carbocycles. The van der Waals surface area contributed by atoms with Crippen LogP contribution in [-0.2, 0) is 17.6 Å². The highest BCUT2D eigenvalue weighted by molar-refractivity contribution is 5.81. The second kappa shape index (κ2) is 8.69. The Morgan fingerprint density at radius 1 is 0.909 bits per heavy atom. The first-order chi connectivity index (χ1) is 16.3. The Labute approximate surface area is 195 Å². The van der Waals surface area contributed by atoms with Crippen LogP contribution in [-0.4, -0.2) is 64.7 Å². The number of hydrogen-bond donors (Lipinski definition) is 0. The standard InChI is InChI=1S/C26H32N6O/c33-26(30-17-15-29(16-18-30)21-8-2-1-3-9-21)20-7-6-13-31(19-20)25-24-22-10-4-5-11-23(22)28-32(24)14-12-27-25/h1-3,8-9,12,14,20H,4-7,10-11,13,15-19H2/t20-/m1/s1. The van der Waals surface area contributed by atoms with Gasteiger partial charge in [-0.25, -0.2) is 9.50 Å². The van der Waals surface area contributed by atoms with E-state index >= 15 is 0 Å². The third kappa shape index (κ3) is 3.83. The molecule has 1 aromatic carbocycles. The van der Waals surface area contributed by atoms with Crippen LogP contribution in [0.25, 0.3) is 5.52 Å². The Balaban J connectivity index is 1.17. The molecule has 2 aliphatic heterocycles. The van der Waals surface area contributed by atoms with Crippen LogP contribution in [0, 0.1) is 5.92 Å². The van der Waals surface area contributed by atoms with Crippen LogP contribution in [0.15, 0.2) is 42.7 Å². The SMILES string of the molecule is O=C([C@@H]1CCCN(c2nccn3nc4c(c23)CCCC4)C1)N1CCN(c2ccccc2)CC1. The number of amides is 1. The predicted molar refractivity (Wildman–Crippen MR) is 130 cm³/mol. The third-order valence-corrected chi connectivity index (χ3v) is 7.58. The number of aromatic nitrogens is 3. The van der Waals surface area contributed by atoms with E-state index in [0.717, 1.165) is 76.3 Å². The molecule has 0 spiro atoms. The maximum atomic E-state index is 13.5. The van der Waals surface area contributed by atoms with E-state index in [1.807, 2.05) is 23.0 Å². The van der Waals surface area contributed by atoms with Gasteiger partial charge in [0.1, 0.15) is 5.52 Å². The van der Waals surface area contributed by atoms with Crippen molar-refractivity contribution in [1.29, 1.82) is 0 Å². The topological polar surface area (TPSA) is 57.0 Å². The lowest BCUT2D eigenvalue weighted by Gasteiger charge is -2.40. The zero-order valence-corrected chi connectivity index (χ0v) is 19.2. The van der Waals surface area contributed by atoms with E-state index < -0.39 is 0 Å². The molecule has 2 fully saturated rings. The Hall–Kier alpha value is -3.09. The van der Waals surface area contributed by atoms with Gasteiger partial charge in [-0.15, -0.1) is 0 Å². The van der Waals surface area contributed by atoms with Gasteiger partial charge < -0.3 is 14.7 Å². The van der Waals surface area contributed by atoms with Crippen LogP contribution in [0.4, 0.5) is 11.5 Å². The van der Waals surface area contributed by atoms with E-state index in [9.17, 15) is 4.79 Å². The van der Waals surface area contributed by atoms with Crippen LogP contribution in [0.3, 0.4) is 0 Å². The minimum absolute atomic E-state index is 0.0443. The molecule has 0 unspecified atom stereocenters. The number of hydrogen-bond acceptors (Lipinski definition) is 5. The van der Waals surface area contributed by atoms with Crippen molar-refractivity contribution in [2.45, 2.75) is 38.5 Å². The number of piperidine rings is 1. The molecule has 6 rings (SSSR count). The van der Waals surface area contributed by atoms with Gasteiger partial charge in [-0.05, 0) is 50.7 Å². The zero-order chi connectivity index (χ0) is 22.2. The lowest BCUT2D eigenvalue weighted by atomic mass is 9.94. The Bertz CT molecular complexity index is 1130. The molecule has 0 radical (unpaired) electrons. The lowest BCUT2D eigenvalue weighted by molar-refractivity contribution is -0.136. The molecule has 3 aliphatic rings. The normalized spacial score (nSPS) is 21.3. The maximum absolute atomic E-state index is 13.5. The summed E-state index contributed by atoms with van der Waals surface area (Å²) in [6.45, 7) is 5.11. The van der Waals surface area contributed by atoms with Crippen molar-refractivity contribution in [2.24, 2.45) is 5.92 Å². The summed E-state index contributed by atoms with van der Waals surface area (Å²) in [5, 5.41) is 4.84. The molecule has 172 valence electrons. The number of carbonyl (C=O) groups is 1. The molecule has 0 bridgehead atoms. The van der Waals surface area contributed by atoms with E-state index in [-0.39, 0.29) is 5.92 Å². The average molecular weight is 445 g/mol. The van der Waals surface area contributed by atoms with Crippen LogP contribution < -0.4 is 9.80 Å². The van der Waals surface area contributed by atoms with E-state index in [4.69, 9.17) is 10.1 Å². The first-order valence-electron chi connectivity index (χ1n) is 12.5. The van der Waals surface area contributed by atoms with Crippen molar-refractivity contribution >= 4 is 22.9 Å². The number of aryl methyl sites for hydroxylation is 2. The first kappa shape index (κ1) is 20.5. The van der Waals surface area contributed by atoms with E-state index in [1.165, 1.54) is 29.8 Å². The zero-order valence-electron chi connectivity index (χ0n) is 19.2. The molecule has 3 aromatic rings. The van der Waals surface area contributed by atoms with Crippen molar-refractivity contribution in [3.8, 4) is 0 Å². The maximum Gasteiger partial charge on any atom is 0.227 e. The molecule has 2 saturated heterocycles. The second-order valence-corrected chi connectivity index (χ2v) is 9.61. The summed E-state index contributed by atoms with van der Waals surface area (Å²) in [5.74, 6) is 1.37. The number of carbonyl (C=O) groups excluding carboxylic acids is 1. The molecular formula is C26H32N6O. The highest BCUT2D eigenvalue weighted by Crippen LogP contribution is 2.32. The predicted octanol–water partition coefficient (Wildman–Crippen LogP) is 3.17. The van der Waals surface area contributed by atoms with Gasteiger partial charge in [0.15, 0.2) is 5.82 Å². The lowest BCUT2D eigenvalue weighted by Crippen LogP contribution is -2.52. The summed E-state index contributed by atoms with van der Waals surface area (Å²) in [6.07, 6.45) is 10.4. The molecule has 7 nitrogen and oxygen atoms in total. The molecule has 0 saturated carbocycles. The number of piperazine rings is 1. The number of nitrogens with zero attached hydrogens (tertiary/aromatic N) is 6. The van der Waals surface area contributed by atoms with Gasteiger partial charge in [-0.1, -0.05) is 18.2 Å². The molecule has 33 heavy (non-hydrogen) atoms. The minimum atomic E-state index is 0.0443. The van der Waals surface area contributed by atoms with Gasteiger partial charge in [0.25, 0.3) is 0 Å². The fourth-order valence-corrected chi connectivity index (χ4v) is 5.83. The van der Waals surface area contributed by atoms with Gasteiger partial charge in [0, 0.05) is 62.9 Å². The Morgan fingerprint density at radius 2 is 1.73 bits per heavy atom. The van der Waals surface area contributed by atoms with Gasteiger partial charge in [-0.3, -0.25) is 4.79 Å². The minimum Gasteiger partial charge on any atom is -0.368 e. The highest BCUT2D eigenvalue weighted by atomic mass is 16.2. The fourth-order valence-electron chi connectivity index (χ4n) is 5.83. The van der Waals surface area contributed by atoms with Gasteiger partial charge in [-0.2, -0.15) is 5.10 Å². The van der Waals surface area contributed by atoms with E-state index in [1.54, 1.807) is 0 Å². The van der Waals surface area contributed by atoms with Gasteiger partial charge >= 0.3 is 0 Å². The quantitative estimate of drug-likeness (QED) is 0.621. The molecule has 1 amide bonds. The van der Waals surface area contributed by atoms with Crippen molar-refractivity contribution in [1.82, 2.24) is 19.5 Å². The monoisotopic (exact) mass is 444 g/mol. The van der Waals surface area contributed by atoms with Gasteiger partial charge in [0.2, 0.25) is 5.91 Å². The van der Waals surface area contributed by atoms with Crippen LogP contribution in [0.2, 0.25) is 0 Å². The summed E-state index contributed by atoms with van der Waals surface area (Å²) in [6, 6.07) is 10.5. The molecule has 1 atom stereocenters. The number of para-hydroxylation sites is 1. The van der Waals surface area contributed by atoms with Crippen molar-refractivity contribution in [3.05, 3.63) is 54.0 Å². The third-order valence-electron chi connectivity index (χ3n) is 7.58. The number of rotatable bonds is 3. The Kier molecular flexibility index (Phi) is 5.40. The summed E-state index contributed by atoms with van der Waals surface area (Å²) < 4.78 is 2.02. The van der Waals surface area contributed by atoms with Gasteiger partial charge in [0.05, 0.1) is 11.6 Å². The van der Waals surface area contributed by atoms with Crippen LogP contribution in [0.5, 0.6) is 0 Å². The smallest absolute Gasteiger partial charge is 0.227 e. The molecule has 0 N–H and O–H groups in total. The highest BCUT2D eigenvalue weighted by Gasteiger charge is 2.33. The van der Waals surface area contributed by atoms with Crippen molar-refractivity contribution in [2.75, 3.05) is 49.1 Å². The number of anilines is 2. The van der Waals surface area contributed by atoms with Crippen molar-refractivity contribution in [3.63, 3.8) is 0 Å². The average Bonchev–Trinajstić information content (AvgIpc) is 3.28. The fraction of sp³-hybridized carbons (Fsp3) is 0.500. The van der Waals surface area contributed by atoms with E-state index in [2.05, 4.69) is 39.0 Å². The largest absolute Gasteiger partial charge is 0.368 e. The molecule has 2 aromatic heterocycles. The second-order valence-electron chi connectivity index (χ2n) is 9.61. The summed E-state index contributed by atoms with van der Waals surface area (Å²) >= 11 is 0. The summed E-state index contributed by atoms with van der Waals surface area (Å²) in [7, 11) is 0. The number of benzene rings is 1. The Morgan fingerprint density at radius 3 is 2.58 bits per heavy atom.